The molecule has 136 valence electrons. The Hall–Kier alpha value is -1.31. The second-order valence-corrected chi connectivity index (χ2v) is 7.53. The minimum Gasteiger partial charge on any atom is -1.00 e. The van der Waals surface area contributed by atoms with Gasteiger partial charge >= 0.3 is 0 Å². The Morgan fingerprint density at radius 2 is 1.96 bits per heavy atom. The number of benzene rings is 1. The van der Waals surface area contributed by atoms with Gasteiger partial charge in [-0.2, -0.15) is 0 Å². The molecule has 5 rings (SSSR count). The van der Waals surface area contributed by atoms with Crippen LogP contribution in [0.3, 0.4) is 0 Å². The number of quaternary nitrogens is 1. The van der Waals surface area contributed by atoms with Crippen molar-refractivity contribution in [3.63, 3.8) is 0 Å². The van der Waals surface area contributed by atoms with E-state index in [0.717, 1.165) is 17.5 Å². The van der Waals surface area contributed by atoms with Crippen molar-refractivity contribution in [3.05, 3.63) is 35.4 Å². The first-order chi connectivity index (χ1) is 11.5. The van der Waals surface area contributed by atoms with Crippen LogP contribution in [0.25, 0.3) is 0 Å². The van der Waals surface area contributed by atoms with Crippen molar-refractivity contribution in [1.29, 1.82) is 0 Å². The highest BCUT2D eigenvalue weighted by molar-refractivity contribution is 5.56. The summed E-state index contributed by atoms with van der Waals surface area (Å²) in [6.45, 7) is 0.703. The molecule has 4 aliphatic rings. The third-order valence-electron chi connectivity index (χ3n) is 6.57. The first-order valence-corrected chi connectivity index (χ1v) is 8.38. The van der Waals surface area contributed by atoms with Crippen LogP contribution < -0.4 is 21.9 Å². The van der Waals surface area contributed by atoms with E-state index in [1.807, 2.05) is 25.3 Å². The van der Waals surface area contributed by atoms with Crippen molar-refractivity contribution in [2.45, 2.75) is 36.3 Å². The highest BCUT2D eigenvalue weighted by Gasteiger charge is 2.69. The number of rotatable bonds is 1. The van der Waals surface area contributed by atoms with E-state index in [9.17, 15) is 10.2 Å². The number of hydrogen-bond acceptors (Lipinski definition) is 5. The van der Waals surface area contributed by atoms with Crippen LogP contribution in [0.1, 0.15) is 23.8 Å². The number of methoxy groups -OCH3 is 1. The number of nitrogens with zero attached hydrogens (tertiary/aromatic N) is 1. The Morgan fingerprint density at radius 1 is 1.24 bits per heavy atom. The van der Waals surface area contributed by atoms with Crippen LogP contribution >= 0.6 is 0 Å². The summed E-state index contributed by atoms with van der Waals surface area (Å²) in [6.07, 6.45) is 3.66. The summed E-state index contributed by atoms with van der Waals surface area (Å²) in [4.78, 5) is 0. The molecule has 0 unspecified atom stereocenters. The normalized spacial score (nSPS) is 42.6. The minimum absolute atomic E-state index is 0. The van der Waals surface area contributed by atoms with Crippen LogP contribution in [-0.2, 0) is 10.2 Å². The fourth-order valence-electron chi connectivity index (χ4n) is 5.34. The summed E-state index contributed by atoms with van der Waals surface area (Å²) in [7, 11) is 3.73. The SMILES string of the molecule is CO[C@@H]1C=C[C@@]23c4cc5c(cc4[C@@H](O)[N@@+](C)(C[C@@H]2O)[C@H]3C1)OCO5.[Cl-]. The monoisotopic (exact) mass is 367 g/mol. The Bertz CT molecular complexity index is 755. The number of fused-ring (bicyclic) bond motifs is 2. The van der Waals surface area contributed by atoms with Crippen molar-refractivity contribution in [2.75, 3.05) is 27.5 Å². The predicted molar refractivity (Wildman–Crippen MR) is 84.6 cm³/mol. The number of halogens is 1. The van der Waals surface area contributed by atoms with Crippen LogP contribution in [-0.4, -0.2) is 60.4 Å². The molecule has 1 aromatic rings. The van der Waals surface area contributed by atoms with Crippen LogP contribution in [0.5, 0.6) is 11.5 Å². The first-order valence-electron chi connectivity index (χ1n) is 8.38. The molecular formula is C18H22ClNO5. The summed E-state index contributed by atoms with van der Waals surface area (Å²) in [5, 5.41) is 22.2. The summed E-state index contributed by atoms with van der Waals surface area (Å²) >= 11 is 0. The highest BCUT2D eigenvalue weighted by atomic mass is 35.5. The average Bonchev–Trinajstić information content (AvgIpc) is 3.12. The molecule has 1 fully saturated rings. The molecule has 0 saturated carbocycles. The molecule has 3 heterocycles. The van der Waals surface area contributed by atoms with E-state index in [1.54, 1.807) is 7.11 Å². The number of likely N-dealkylation sites (N-methyl/N-ethyl adjacent to an activating group) is 1. The third kappa shape index (κ3) is 1.89. The second-order valence-electron chi connectivity index (χ2n) is 7.53. The molecule has 6 nitrogen and oxygen atoms in total. The quantitative estimate of drug-likeness (QED) is 0.437. The van der Waals surface area contributed by atoms with Gasteiger partial charge in [-0.1, -0.05) is 12.2 Å². The van der Waals surface area contributed by atoms with Gasteiger partial charge in [-0.3, -0.25) is 4.48 Å². The second kappa shape index (κ2) is 5.34. The van der Waals surface area contributed by atoms with E-state index in [2.05, 4.69) is 6.08 Å². The molecular weight excluding hydrogens is 346 g/mol. The fraction of sp³-hybridized carbons (Fsp3) is 0.556. The van der Waals surface area contributed by atoms with Crippen molar-refractivity contribution >= 4 is 0 Å². The first kappa shape index (κ1) is 17.1. The molecule has 2 N–H and O–H groups in total. The van der Waals surface area contributed by atoms with Crippen LogP contribution in [0.4, 0.5) is 0 Å². The van der Waals surface area contributed by atoms with Gasteiger partial charge in [0.05, 0.1) is 18.6 Å². The van der Waals surface area contributed by atoms with E-state index in [0.29, 0.717) is 22.5 Å². The zero-order valence-corrected chi connectivity index (χ0v) is 14.9. The van der Waals surface area contributed by atoms with Gasteiger partial charge in [0, 0.05) is 19.1 Å². The van der Waals surface area contributed by atoms with E-state index in [4.69, 9.17) is 14.2 Å². The lowest BCUT2D eigenvalue weighted by Gasteiger charge is -2.51. The van der Waals surface area contributed by atoms with Gasteiger partial charge in [0.25, 0.3) is 0 Å². The van der Waals surface area contributed by atoms with Gasteiger partial charge < -0.3 is 36.8 Å². The average molecular weight is 368 g/mol. The number of ether oxygens (including phenoxy) is 3. The molecule has 0 aromatic heterocycles. The smallest absolute Gasteiger partial charge is 0.231 e. The zero-order valence-electron chi connectivity index (χ0n) is 14.2. The molecule has 0 spiro atoms. The van der Waals surface area contributed by atoms with Gasteiger partial charge in [-0.05, 0) is 17.7 Å². The lowest BCUT2D eigenvalue weighted by Crippen LogP contribution is -3.00. The van der Waals surface area contributed by atoms with Crippen LogP contribution in [0, 0.1) is 0 Å². The summed E-state index contributed by atoms with van der Waals surface area (Å²) < 4.78 is 17.0. The Kier molecular flexibility index (Phi) is 3.66. The Balaban J connectivity index is 0.00000157. The van der Waals surface area contributed by atoms with Crippen LogP contribution in [0.15, 0.2) is 24.3 Å². The summed E-state index contributed by atoms with van der Waals surface area (Å²) in [5.74, 6) is 1.35. The van der Waals surface area contributed by atoms with Gasteiger partial charge in [0.2, 0.25) is 13.0 Å². The maximum Gasteiger partial charge on any atom is 0.231 e. The standard InChI is InChI=1S/C18H22NO5.ClH/c1-19-8-16(20)18(4-3-10(22-2)5-15(18)19)12-7-14-13(23-9-24-14)6-11(12)17(19)21;/h3-4,6-7,10,15-17,20-21H,5,8-9H2,1-2H3;1H/q+1;/p-1/t10-,15+,16+,17-,18+,19+;/m1./s1. The third-order valence-corrected chi connectivity index (χ3v) is 6.57. The number of aliphatic hydroxyl groups excluding tert-OH is 2. The van der Waals surface area contributed by atoms with Gasteiger partial charge in [-0.15, -0.1) is 0 Å². The van der Waals surface area contributed by atoms with E-state index >= 15 is 0 Å². The van der Waals surface area contributed by atoms with Gasteiger partial charge in [0.15, 0.2) is 11.5 Å². The summed E-state index contributed by atoms with van der Waals surface area (Å²) in [6, 6.07) is 3.89. The van der Waals surface area contributed by atoms with Crippen molar-refractivity contribution in [1.82, 2.24) is 0 Å². The zero-order chi connectivity index (χ0) is 16.7. The van der Waals surface area contributed by atoms with Crippen molar-refractivity contribution in [3.8, 4) is 11.5 Å². The predicted octanol–water partition coefficient (Wildman–Crippen LogP) is -2.17. The summed E-state index contributed by atoms with van der Waals surface area (Å²) in [5.41, 5.74) is 1.27. The van der Waals surface area contributed by atoms with Crippen LogP contribution in [0.2, 0.25) is 0 Å². The molecule has 1 saturated heterocycles. The van der Waals surface area contributed by atoms with Gasteiger partial charge in [-0.25, -0.2) is 0 Å². The molecule has 0 amide bonds. The lowest BCUT2D eigenvalue weighted by atomic mass is 9.64. The number of aliphatic hydroxyl groups is 2. The Morgan fingerprint density at radius 3 is 2.68 bits per heavy atom. The topological polar surface area (TPSA) is 68.2 Å². The van der Waals surface area contributed by atoms with Crippen molar-refractivity contribution < 1.29 is 41.3 Å². The van der Waals surface area contributed by atoms with E-state index in [-0.39, 0.29) is 31.3 Å². The molecule has 2 bridgehead atoms. The van der Waals surface area contributed by atoms with E-state index < -0.39 is 17.7 Å². The largest absolute Gasteiger partial charge is 1.00 e. The Labute approximate surface area is 152 Å². The molecule has 25 heavy (non-hydrogen) atoms. The maximum atomic E-state index is 11.2. The highest BCUT2D eigenvalue weighted by Crippen LogP contribution is 2.59. The van der Waals surface area contributed by atoms with Gasteiger partial charge in [0.1, 0.15) is 18.7 Å². The molecule has 6 atom stereocenters. The number of hydrogen-bond donors (Lipinski definition) is 2. The molecule has 1 aromatic carbocycles. The van der Waals surface area contributed by atoms with E-state index in [1.165, 1.54) is 0 Å². The molecule has 1 aliphatic carbocycles. The molecule has 0 radical (unpaired) electrons. The molecule has 7 heteroatoms. The minimum atomic E-state index is -0.700. The molecule has 3 aliphatic heterocycles. The fourth-order valence-corrected chi connectivity index (χ4v) is 5.34. The van der Waals surface area contributed by atoms with Crippen molar-refractivity contribution in [2.24, 2.45) is 0 Å². The maximum absolute atomic E-state index is 11.2. The lowest BCUT2D eigenvalue weighted by molar-refractivity contribution is -0.976.